The van der Waals surface area contributed by atoms with Gasteiger partial charge in [-0.25, -0.2) is 4.98 Å². The molecule has 1 aliphatic heterocycles. The number of nitrogens with zero attached hydrogens (tertiary/aromatic N) is 2. The van der Waals surface area contributed by atoms with E-state index in [1.54, 1.807) is 0 Å². The summed E-state index contributed by atoms with van der Waals surface area (Å²) in [6.07, 6.45) is 5.29. The molecule has 5 heteroatoms. The van der Waals surface area contributed by atoms with Gasteiger partial charge in [-0.2, -0.15) is 0 Å². The number of nitrogens with one attached hydrogen (secondary N) is 2. The maximum atomic E-state index is 11.1. The zero-order chi connectivity index (χ0) is 11.4. The lowest BCUT2D eigenvalue weighted by Crippen LogP contribution is -2.30. The van der Waals surface area contributed by atoms with Gasteiger partial charge in [0.15, 0.2) is 0 Å². The molecule has 0 bridgehead atoms. The van der Waals surface area contributed by atoms with Gasteiger partial charge in [0.05, 0.1) is 12.0 Å². The molecule has 0 aliphatic carbocycles. The summed E-state index contributed by atoms with van der Waals surface area (Å²) in [6.45, 7) is 4.69. The number of hydrogen-bond acceptors (Lipinski definition) is 3. The summed E-state index contributed by atoms with van der Waals surface area (Å²) >= 11 is 0. The van der Waals surface area contributed by atoms with Crippen molar-refractivity contribution in [3.8, 4) is 0 Å². The zero-order valence-corrected chi connectivity index (χ0v) is 9.57. The Labute approximate surface area is 95.2 Å². The minimum atomic E-state index is 0.165. The quantitative estimate of drug-likeness (QED) is 0.752. The second kappa shape index (κ2) is 5.12. The van der Waals surface area contributed by atoms with Crippen LogP contribution in [0.15, 0.2) is 12.5 Å². The third-order valence-corrected chi connectivity index (χ3v) is 2.86. The maximum absolute atomic E-state index is 11.1. The average molecular weight is 222 g/mol. The summed E-state index contributed by atoms with van der Waals surface area (Å²) in [5.74, 6) is 0.165. The number of carbonyl (C=O) groups excluding carboxylic acids is 1. The molecule has 1 aliphatic rings. The van der Waals surface area contributed by atoms with Crippen LogP contribution in [0.2, 0.25) is 0 Å². The van der Waals surface area contributed by atoms with Crippen molar-refractivity contribution in [2.75, 3.05) is 6.54 Å². The molecule has 0 saturated carbocycles. The highest BCUT2D eigenvalue weighted by atomic mass is 16.1. The van der Waals surface area contributed by atoms with Crippen molar-refractivity contribution in [1.82, 2.24) is 20.2 Å². The number of amides is 1. The van der Waals surface area contributed by atoms with E-state index in [1.807, 2.05) is 12.5 Å². The minimum Gasteiger partial charge on any atom is -0.352 e. The SMILES string of the molecule is CCNCc1cncn1CC1CCC(=O)N1. The van der Waals surface area contributed by atoms with Crippen LogP contribution in [0.3, 0.4) is 0 Å². The van der Waals surface area contributed by atoms with Gasteiger partial charge in [-0.05, 0) is 13.0 Å². The third kappa shape index (κ3) is 2.61. The van der Waals surface area contributed by atoms with Gasteiger partial charge in [0.25, 0.3) is 0 Å². The molecule has 16 heavy (non-hydrogen) atoms. The molecular weight excluding hydrogens is 204 g/mol. The van der Waals surface area contributed by atoms with Crippen LogP contribution in [0, 0.1) is 0 Å². The molecule has 5 nitrogen and oxygen atoms in total. The van der Waals surface area contributed by atoms with Crippen LogP contribution in [-0.4, -0.2) is 28.0 Å². The van der Waals surface area contributed by atoms with Gasteiger partial charge in [-0.3, -0.25) is 4.79 Å². The molecule has 1 saturated heterocycles. The van der Waals surface area contributed by atoms with Gasteiger partial charge in [0, 0.05) is 31.7 Å². The lowest BCUT2D eigenvalue weighted by molar-refractivity contribution is -0.119. The number of imidazole rings is 1. The second-order valence-corrected chi connectivity index (χ2v) is 4.12. The van der Waals surface area contributed by atoms with E-state index in [4.69, 9.17) is 0 Å². The van der Waals surface area contributed by atoms with Crippen molar-refractivity contribution < 1.29 is 4.79 Å². The van der Waals surface area contributed by atoms with Gasteiger partial charge in [0.2, 0.25) is 5.91 Å². The van der Waals surface area contributed by atoms with E-state index in [0.717, 1.165) is 26.1 Å². The molecule has 88 valence electrons. The molecule has 1 fully saturated rings. The largest absolute Gasteiger partial charge is 0.352 e. The Kier molecular flexibility index (Phi) is 3.56. The Bertz CT molecular complexity index is 361. The molecule has 1 aromatic rings. The van der Waals surface area contributed by atoms with E-state index >= 15 is 0 Å². The predicted octanol–water partition coefficient (Wildman–Crippen LogP) is 0.271. The fourth-order valence-electron chi connectivity index (χ4n) is 1.96. The maximum Gasteiger partial charge on any atom is 0.220 e. The lowest BCUT2D eigenvalue weighted by atomic mass is 10.2. The number of hydrogen-bond donors (Lipinski definition) is 2. The Morgan fingerprint density at radius 2 is 2.56 bits per heavy atom. The molecule has 0 spiro atoms. The highest BCUT2D eigenvalue weighted by molar-refractivity contribution is 5.78. The third-order valence-electron chi connectivity index (χ3n) is 2.86. The molecule has 0 aromatic carbocycles. The van der Waals surface area contributed by atoms with E-state index in [2.05, 4.69) is 27.1 Å². The van der Waals surface area contributed by atoms with Gasteiger partial charge in [-0.15, -0.1) is 0 Å². The standard InChI is InChI=1S/C11H18N4O/c1-2-12-5-10-6-13-8-15(10)7-9-3-4-11(16)14-9/h6,8-9,12H,2-5,7H2,1H3,(H,14,16). The van der Waals surface area contributed by atoms with E-state index < -0.39 is 0 Å². The Hall–Kier alpha value is -1.36. The molecule has 2 rings (SSSR count). The summed E-state index contributed by atoms with van der Waals surface area (Å²) in [6, 6.07) is 0.266. The lowest BCUT2D eigenvalue weighted by Gasteiger charge is -2.13. The summed E-state index contributed by atoms with van der Waals surface area (Å²) in [7, 11) is 0. The first-order valence-corrected chi connectivity index (χ1v) is 5.78. The van der Waals surface area contributed by atoms with Gasteiger partial charge in [0.1, 0.15) is 0 Å². The highest BCUT2D eigenvalue weighted by Crippen LogP contribution is 2.10. The van der Waals surface area contributed by atoms with Crippen molar-refractivity contribution in [3.63, 3.8) is 0 Å². The summed E-state index contributed by atoms with van der Waals surface area (Å²) < 4.78 is 2.11. The fraction of sp³-hybridized carbons (Fsp3) is 0.636. The Balaban J connectivity index is 1.93. The van der Waals surface area contributed by atoms with Crippen LogP contribution in [0.4, 0.5) is 0 Å². The fourth-order valence-corrected chi connectivity index (χ4v) is 1.96. The van der Waals surface area contributed by atoms with E-state index in [9.17, 15) is 4.79 Å². The van der Waals surface area contributed by atoms with Crippen LogP contribution >= 0.6 is 0 Å². The highest BCUT2D eigenvalue weighted by Gasteiger charge is 2.21. The number of carbonyl (C=O) groups is 1. The van der Waals surface area contributed by atoms with E-state index in [-0.39, 0.29) is 11.9 Å². The smallest absolute Gasteiger partial charge is 0.220 e. The molecular formula is C11H18N4O. The summed E-state index contributed by atoms with van der Waals surface area (Å²) in [4.78, 5) is 15.2. The normalized spacial score (nSPS) is 20.1. The average Bonchev–Trinajstić information content (AvgIpc) is 2.86. The van der Waals surface area contributed by atoms with Crippen molar-refractivity contribution in [3.05, 3.63) is 18.2 Å². The van der Waals surface area contributed by atoms with Crippen molar-refractivity contribution in [1.29, 1.82) is 0 Å². The minimum absolute atomic E-state index is 0.165. The number of aromatic nitrogens is 2. The topological polar surface area (TPSA) is 59.0 Å². The first-order chi connectivity index (χ1) is 7.79. The van der Waals surface area contributed by atoms with Crippen LogP contribution in [0.25, 0.3) is 0 Å². The van der Waals surface area contributed by atoms with Crippen LogP contribution in [0.1, 0.15) is 25.5 Å². The van der Waals surface area contributed by atoms with Gasteiger partial charge in [-0.1, -0.05) is 6.92 Å². The van der Waals surface area contributed by atoms with Crippen molar-refractivity contribution in [2.24, 2.45) is 0 Å². The molecule has 2 N–H and O–H groups in total. The monoisotopic (exact) mass is 222 g/mol. The zero-order valence-electron chi connectivity index (χ0n) is 9.57. The van der Waals surface area contributed by atoms with Crippen LogP contribution < -0.4 is 10.6 Å². The van der Waals surface area contributed by atoms with Crippen molar-refractivity contribution in [2.45, 2.75) is 38.9 Å². The molecule has 1 unspecified atom stereocenters. The van der Waals surface area contributed by atoms with E-state index in [1.165, 1.54) is 5.69 Å². The first-order valence-electron chi connectivity index (χ1n) is 5.78. The second-order valence-electron chi connectivity index (χ2n) is 4.12. The molecule has 0 radical (unpaired) electrons. The molecule has 2 heterocycles. The van der Waals surface area contributed by atoms with Gasteiger partial charge >= 0.3 is 0 Å². The Morgan fingerprint density at radius 3 is 3.25 bits per heavy atom. The van der Waals surface area contributed by atoms with Crippen LogP contribution in [-0.2, 0) is 17.9 Å². The molecule has 1 atom stereocenters. The Morgan fingerprint density at radius 1 is 1.69 bits per heavy atom. The first kappa shape index (κ1) is 11.1. The molecule has 1 amide bonds. The predicted molar refractivity (Wildman–Crippen MR) is 60.8 cm³/mol. The molecule has 1 aromatic heterocycles. The number of rotatable bonds is 5. The van der Waals surface area contributed by atoms with Crippen LogP contribution in [0.5, 0.6) is 0 Å². The van der Waals surface area contributed by atoms with E-state index in [0.29, 0.717) is 6.42 Å². The summed E-state index contributed by atoms with van der Waals surface area (Å²) in [5, 5.41) is 6.24. The van der Waals surface area contributed by atoms with Gasteiger partial charge < -0.3 is 15.2 Å². The summed E-state index contributed by atoms with van der Waals surface area (Å²) in [5.41, 5.74) is 1.17. The van der Waals surface area contributed by atoms with Crippen molar-refractivity contribution >= 4 is 5.91 Å².